The van der Waals surface area contributed by atoms with E-state index < -0.39 is 28.0 Å². The normalized spacial score (nSPS) is 13.1. The van der Waals surface area contributed by atoms with E-state index in [1.54, 1.807) is 0 Å². The number of aliphatic hydroxyl groups is 1. The molecule has 0 saturated heterocycles. The lowest BCUT2D eigenvalue weighted by atomic mass is 10.0. The highest BCUT2D eigenvalue weighted by atomic mass is 32.2. The summed E-state index contributed by atoms with van der Waals surface area (Å²) in [6, 6.07) is -0.964. The second kappa shape index (κ2) is 41.0. The Hall–Kier alpha value is -0.660. The topological polar surface area (TPSA) is 104 Å². The minimum Gasteiger partial charge on any atom is -0.391 e. The van der Waals surface area contributed by atoms with Crippen LogP contribution in [0.2, 0.25) is 0 Å². The third-order valence-corrected chi connectivity index (χ3v) is 12.1. The highest BCUT2D eigenvalue weighted by molar-refractivity contribution is 7.85. The number of carbonyl (C=O) groups is 1. The van der Waals surface area contributed by atoms with Gasteiger partial charge in [0.1, 0.15) is 0 Å². The van der Waals surface area contributed by atoms with Crippen LogP contribution in [0.15, 0.2) is 0 Å². The van der Waals surface area contributed by atoms with Crippen molar-refractivity contribution in [3.8, 4) is 0 Å². The molecule has 1 amide bonds. The first-order chi connectivity index (χ1) is 25.8. The van der Waals surface area contributed by atoms with Crippen LogP contribution in [0.5, 0.6) is 0 Å². The van der Waals surface area contributed by atoms with Crippen LogP contribution >= 0.6 is 0 Å². The van der Waals surface area contributed by atoms with Crippen molar-refractivity contribution in [3.63, 3.8) is 0 Å². The molecule has 2 unspecified atom stereocenters. The van der Waals surface area contributed by atoms with Gasteiger partial charge in [-0.05, 0) is 12.8 Å². The Morgan fingerprint density at radius 1 is 0.434 bits per heavy atom. The SMILES string of the molecule is CCCCCCCCCCCCCCCCCCCCCCCCC(=O)NC(CS(=O)(=O)O)C(O)CCCCCCCCCCCCCCCCCC. The number of hydrogen-bond acceptors (Lipinski definition) is 4. The van der Waals surface area contributed by atoms with E-state index in [4.69, 9.17) is 0 Å². The molecule has 0 fully saturated rings. The first-order valence-electron chi connectivity index (χ1n) is 23.7. The van der Waals surface area contributed by atoms with Crippen molar-refractivity contribution < 1.29 is 22.9 Å². The summed E-state index contributed by atoms with van der Waals surface area (Å²) in [6.45, 7) is 4.55. The van der Waals surface area contributed by atoms with Gasteiger partial charge in [0, 0.05) is 6.42 Å². The van der Waals surface area contributed by atoms with E-state index in [2.05, 4.69) is 19.2 Å². The Bertz CT molecular complexity index is 851. The number of unbranched alkanes of at least 4 members (excludes halogenated alkanes) is 36. The monoisotopic (exact) mass is 772 g/mol. The van der Waals surface area contributed by atoms with Crippen molar-refractivity contribution in [2.24, 2.45) is 0 Å². The smallest absolute Gasteiger partial charge is 0.266 e. The summed E-state index contributed by atoms with van der Waals surface area (Å²) in [5, 5.41) is 13.4. The average Bonchev–Trinajstić information content (AvgIpc) is 3.12. The van der Waals surface area contributed by atoms with Gasteiger partial charge in [-0.15, -0.1) is 0 Å². The fourth-order valence-corrected chi connectivity index (χ4v) is 8.51. The zero-order valence-corrected chi connectivity index (χ0v) is 36.5. The summed E-state index contributed by atoms with van der Waals surface area (Å²) in [5.41, 5.74) is 0. The van der Waals surface area contributed by atoms with Gasteiger partial charge >= 0.3 is 0 Å². The molecule has 53 heavy (non-hydrogen) atoms. The van der Waals surface area contributed by atoms with Gasteiger partial charge in [-0.1, -0.05) is 251 Å². The summed E-state index contributed by atoms with van der Waals surface area (Å²) in [7, 11) is -4.31. The molecular formula is C46H93NO5S. The second-order valence-electron chi connectivity index (χ2n) is 16.8. The molecule has 7 heteroatoms. The Morgan fingerprint density at radius 3 is 0.943 bits per heavy atom. The molecule has 6 nitrogen and oxygen atoms in total. The molecule has 0 radical (unpaired) electrons. The van der Waals surface area contributed by atoms with Crippen molar-refractivity contribution in [2.75, 3.05) is 5.75 Å². The van der Waals surface area contributed by atoms with Crippen molar-refractivity contribution in [1.82, 2.24) is 5.32 Å². The molecule has 0 aliphatic heterocycles. The van der Waals surface area contributed by atoms with E-state index in [-0.39, 0.29) is 5.91 Å². The molecule has 3 N–H and O–H groups in total. The van der Waals surface area contributed by atoms with Crippen LogP contribution in [0.25, 0.3) is 0 Å². The molecule has 0 rings (SSSR count). The fraction of sp³-hybridized carbons (Fsp3) is 0.978. The lowest BCUT2D eigenvalue weighted by Crippen LogP contribution is -2.47. The largest absolute Gasteiger partial charge is 0.391 e. The third kappa shape index (κ3) is 42.3. The molecule has 2 atom stereocenters. The minimum atomic E-state index is -4.31. The molecule has 318 valence electrons. The Kier molecular flexibility index (Phi) is 40.5. The summed E-state index contributed by atoms with van der Waals surface area (Å²) >= 11 is 0. The van der Waals surface area contributed by atoms with Crippen LogP contribution in [0.4, 0.5) is 0 Å². The lowest BCUT2D eigenvalue weighted by molar-refractivity contribution is -0.122. The molecule has 0 aliphatic carbocycles. The van der Waals surface area contributed by atoms with Crippen LogP contribution in [0, 0.1) is 0 Å². The fourth-order valence-electron chi connectivity index (χ4n) is 7.75. The zero-order valence-electron chi connectivity index (χ0n) is 35.7. The lowest BCUT2D eigenvalue weighted by Gasteiger charge is -2.23. The number of hydrogen-bond donors (Lipinski definition) is 3. The van der Waals surface area contributed by atoms with Crippen molar-refractivity contribution >= 4 is 16.0 Å². The highest BCUT2D eigenvalue weighted by Gasteiger charge is 2.26. The quantitative estimate of drug-likeness (QED) is 0.0423. The maximum atomic E-state index is 12.6. The van der Waals surface area contributed by atoms with Crippen LogP contribution in [-0.2, 0) is 14.9 Å². The van der Waals surface area contributed by atoms with Crippen LogP contribution in [0.1, 0.15) is 271 Å². The highest BCUT2D eigenvalue weighted by Crippen LogP contribution is 2.17. The minimum absolute atomic E-state index is 0.238. The van der Waals surface area contributed by atoms with Crippen LogP contribution < -0.4 is 5.32 Å². The van der Waals surface area contributed by atoms with Gasteiger partial charge in [0.2, 0.25) is 5.91 Å². The summed E-state index contributed by atoms with van der Waals surface area (Å²) in [5.74, 6) is -0.879. The van der Waals surface area contributed by atoms with Gasteiger partial charge < -0.3 is 10.4 Å². The molecular weight excluding hydrogens is 679 g/mol. The molecule has 0 aromatic rings. The number of carbonyl (C=O) groups excluding carboxylic acids is 1. The van der Waals surface area contributed by atoms with Gasteiger partial charge in [-0.2, -0.15) is 8.42 Å². The second-order valence-corrected chi connectivity index (χ2v) is 18.3. The molecule has 0 saturated carbocycles. The average molecular weight is 772 g/mol. The van der Waals surface area contributed by atoms with Gasteiger partial charge in [-0.3, -0.25) is 9.35 Å². The molecule has 0 heterocycles. The molecule has 0 aromatic heterocycles. The Balaban J connectivity index is 3.72. The van der Waals surface area contributed by atoms with Gasteiger partial charge in [0.15, 0.2) is 0 Å². The predicted octanol–water partition coefficient (Wildman–Crippen LogP) is 14.4. The van der Waals surface area contributed by atoms with Crippen LogP contribution in [-0.4, -0.2) is 41.9 Å². The van der Waals surface area contributed by atoms with E-state index in [0.717, 1.165) is 38.5 Å². The summed E-state index contributed by atoms with van der Waals surface area (Å²) in [6.07, 6.45) is 49.2. The van der Waals surface area contributed by atoms with E-state index in [0.29, 0.717) is 12.8 Å². The van der Waals surface area contributed by atoms with Crippen molar-refractivity contribution in [3.05, 3.63) is 0 Å². The molecule has 0 aliphatic rings. The number of rotatable bonds is 44. The van der Waals surface area contributed by atoms with Gasteiger partial charge in [0.25, 0.3) is 10.1 Å². The Labute approximate surface area is 331 Å². The molecule has 0 aromatic carbocycles. The van der Waals surface area contributed by atoms with E-state index in [1.807, 2.05) is 0 Å². The standard InChI is InChI=1S/C46H93NO5S/c1-3-5-7-9-11-13-15-17-19-21-22-23-24-25-26-28-30-32-34-36-38-40-42-46(49)47-44(43-53(50,51)52)45(48)41-39-37-35-33-31-29-27-20-18-16-14-12-10-8-6-4-2/h44-45,48H,3-43H2,1-2H3,(H,47,49)(H,50,51,52). The summed E-state index contributed by atoms with van der Waals surface area (Å²) < 4.78 is 32.6. The van der Waals surface area contributed by atoms with Crippen molar-refractivity contribution in [1.29, 1.82) is 0 Å². The van der Waals surface area contributed by atoms with E-state index >= 15 is 0 Å². The van der Waals surface area contributed by atoms with Gasteiger partial charge in [0.05, 0.1) is 17.9 Å². The van der Waals surface area contributed by atoms with Gasteiger partial charge in [-0.25, -0.2) is 0 Å². The molecule has 0 spiro atoms. The van der Waals surface area contributed by atoms with Crippen molar-refractivity contribution in [2.45, 2.75) is 283 Å². The summed E-state index contributed by atoms with van der Waals surface area (Å²) in [4.78, 5) is 12.6. The maximum Gasteiger partial charge on any atom is 0.266 e. The Morgan fingerprint density at radius 2 is 0.679 bits per heavy atom. The third-order valence-electron chi connectivity index (χ3n) is 11.3. The molecule has 0 bridgehead atoms. The first-order valence-corrected chi connectivity index (χ1v) is 25.3. The number of amides is 1. The number of nitrogens with one attached hydrogen (secondary N) is 1. The first kappa shape index (κ1) is 52.3. The van der Waals surface area contributed by atoms with E-state index in [1.165, 1.54) is 205 Å². The maximum absolute atomic E-state index is 12.6. The predicted molar refractivity (Wildman–Crippen MR) is 230 cm³/mol. The van der Waals surface area contributed by atoms with E-state index in [9.17, 15) is 22.9 Å². The van der Waals surface area contributed by atoms with Crippen LogP contribution in [0.3, 0.4) is 0 Å². The zero-order chi connectivity index (χ0) is 38.9. The number of aliphatic hydroxyl groups excluding tert-OH is 1.